The SMILES string of the molecule is CN(c1nn2cc(C(C)(C)C)nc2s1)C1C2CCOC2C1(C)C. The molecule has 126 valence electrons. The highest BCUT2D eigenvalue weighted by Crippen LogP contribution is 2.55. The van der Waals surface area contributed by atoms with Gasteiger partial charge in [0.25, 0.3) is 0 Å². The van der Waals surface area contributed by atoms with E-state index in [0.717, 1.165) is 22.4 Å². The van der Waals surface area contributed by atoms with Gasteiger partial charge in [0, 0.05) is 36.4 Å². The van der Waals surface area contributed by atoms with Crippen molar-refractivity contribution in [3.63, 3.8) is 0 Å². The Morgan fingerprint density at radius 2 is 2.13 bits per heavy atom. The average Bonchev–Trinajstić information content (AvgIpc) is 3.08. The van der Waals surface area contributed by atoms with Crippen LogP contribution in [0.5, 0.6) is 0 Å². The van der Waals surface area contributed by atoms with Crippen LogP contribution in [-0.2, 0) is 10.2 Å². The molecule has 6 heteroatoms. The van der Waals surface area contributed by atoms with Crippen molar-refractivity contribution in [2.45, 2.75) is 58.6 Å². The van der Waals surface area contributed by atoms with Gasteiger partial charge in [-0.3, -0.25) is 0 Å². The summed E-state index contributed by atoms with van der Waals surface area (Å²) in [7, 11) is 2.17. The van der Waals surface area contributed by atoms with Crippen LogP contribution in [0.4, 0.5) is 5.13 Å². The second-order valence-electron chi connectivity index (χ2n) is 8.61. The molecule has 0 N–H and O–H groups in total. The predicted octanol–water partition coefficient (Wildman–Crippen LogP) is 3.34. The molecule has 2 aromatic heterocycles. The number of nitrogens with zero attached hydrogens (tertiary/aromatic N) is 4. The highest BCUT2D eigenvalue weighted by Gasteiger charge is 2.61. The van der Waals surface area contributed by atoms with Crippen molar-refractivity contribution in [2.24, 2.45) is 11.3 Å². The molecule has 0 bridgehead atoms. The van der Waals surface area contributed by atoms with Crippen LogP contribution >= 0.6 is 11.3 Å². The summed E-state index contributed by atoms with van der Waals surface area (Å²) < 4.78 is 7.86. The molecular weight excluding hydrogens is 308 g/mol. The molecule has 1 aliphatic carbocycles. The van der Waals surface area contributed by atoms with E-state index in [2.05, 4.69) is 52.8 Å². The molecule has 0 amide bonds. The van der Waals surface area contributed by atoms with Gasteiger partial charge in [-0.25, -0.2) is 9.50 Å². The first-order valence-electron chi connectivity index (χ1n) is 8.41. The third kappa shape index (κ3) is 2.14. The molecule has 0 radical (unpaired) electrons. The molecule has 2 aliphatic rings. The number of aromatic nitrogens is 3. The Labute approximate surface area is 141 Å². The first kappa shape index (κ1) is 15.4. The summed E-state index contributed by atoms with van der Waals surface area (Å²) in [6.07, 6.45) is 3.64. The van der Waals surface area contributed by atoms with Crippen LogP contribution < -0.4 is 4.90 Å². The zero-order chi connectivity index (χ0) is 16.6. The van der Waals surface area contributed by atoms with Crippen LogP contribution in [0.25, 0.3) is 4.96 Å². The van der Waals surface area contributed by atoms with Crippen molar-refractivity contribution in [3.05, 3.63) is 11.9 Å². The standard InChI is InChI=1S/C17H26N4OS/c1-16(2,3)11-9-21-14(18-11)23-15(19-21)20(6)12-10-7-8-22-13(10)17(12,4)5/h9-10,12-13H,7-8H2,1-6H3. The van der Waals surface area contributed by atoms with E-state index in [1.165, 1.54) is 6.42 Å². The fourth-order valence-corrected chi connectivity index (χ4v) is 5.28. The van der Waals surface area contributed by atoms with Crippen LogP contribution in [0.1, 0.15) is 46.7 Å². The molecule has 2 fully saturated rings. The maximum absolute atomic E-state index is 5.92. The zero-order valence-electron chi connectivity index (χ0n) is 14.8. The van der Waals surface area contributed by atoms with E-state index in [0.29, 0.717) is 18.1 Å². The normalized spacial score (nSPS) is 29.6. The van der Waals surface area contributed by atoms with E-state index < -0.39 is 0 Å². The Hall–Kier alpha value is -1.14. The molecule has 2 aromatic rings. The van der Waals surface area contributed by atoms with E-state index in [4.69, 9.17) is 14.8 Å². The first-order valence-corrected chi connectivity index (χ1v) is 9.22. The second-order valence-corrected chi connectivity index (χ2v) is 9.54. The molecule has 3 heterocycles. The third-order valence-corrected chi connectivity index (χ3v) is 6.57. The Bertz CT molecular complexity index is 710. The number of hydrogen-bond donors (Lipinski definition) is 0. The number of imidazole rings is 1. The molecular formula is C17H26N4OS. The van der Waals surface area contributed by atoms with Crippen LogP contribution in [0.3, 0.4) is 0 Å². The summed E-state index contributed by atoms with van der Waals surface area (Å²) in [5.41, 5.74) is 1.34. The fourth-order valence-electron chi connectivity index (χ4n) is 4.40. The predicted molar refractivity (Wildman–Crippen MR) is 93.4 cm³/mol. The van der Waals surface area contributed by atoms with E-state index in [9.17, 15) is 0 Å². The maximum atomic E-state index is 5.92. The van der Waals surface area contributed by atoms with Gasteiger partial charge in [-0.15, -0.1) is 5.10 Å². The summed E-state index contributed by atoms with van der Waals surface area (Å²) in [5.74, 6) is 0.636. The van der Waals surface area contributed by atoms with Gasteiger partial charge >= 0.3 is 0 Å². The minimum absolute atomic E-state index is 0.0594. The minimum atomic E-state index is 0.0594. The van der Waals surface area contributed by atoms with E-state index in [1.54, 1.807) is 11.3 Å². The largest absolute Gasteiger partial charge is 0.377 e. The van der Waals surface area contributed by atoms with Crippen LogP contribution in [0.2, 0.25) is 0 Å². The van der Waals surface area contributed by atoms with Gasteiger partial charge in [0.15, 0.2) is 0 Å². The van der Waals surface area contributed by atoms with E-state index >= 15 is 0 Å². The first-order chi connectivity index (χ1) is 10.7. The lowest BCUT2D eigenvalue weighted by molar-refractivity contribution is -0.101. The summed E-state index contributed by atoms with van der Waals surface area (Å²) >= 11 is 1.68. The summed E-state index contributed by atoms with van der Waals surface area (Å²) in [6, 6.07) is 0.493. The van der Waals surface area contributed by atoms with Crippen molar-refractivity contribution < 1.29 is 4.74 Å². The second kappa shape index (κ2) is 4.70. The molecule has 1 saturated heterocycles. The van der Waals surface area contributed by atoms with Crippen LogP contribution in [-0.4, -0.2) is 40.4 Å². The van der Waals surface area contributed by atoms with Crippen molar-refractivity contribution in [1.29, 1.82) is 0 Å². The van der Waals surface area contributed by atoms with Crippen molar-refractivity contribution in [2.75, 3.05) is 18.6 Å². The smallest absolute Gasteiger partial charge is 0.214 e. The Balaban J connectivity index is 1.63. The molecule has 5 nitrogen and oxygen atoms in total. The average molecular weight is 334 g/mol. The molecule has 0 spiro atoms. The minimum Gasteiger partial charge on any atom is -0.377 e. The highest BCUT2D eigenvalue weighted by atomic mass is 32.1. The molecule has 3 atom stereocenters. The molecule has 4 rings (SSSR count). The summed E-state index contributed by atoms with van der Waals surface area (Å²) in [4.78, 5) is 8.09. The quantitative estimate of drug-likeness (QED) is 0.845. The van der Waals surface area contributed by atoms with Crippen molar-refractivity contribution >= 4 is 21.4 Å². The van der Waals surface area contributed by atoms with Crippen molar-refractivity contribution in [3.8, 4) is 0 Å². The molecule has 0 aromatic carbocycles. The van der Waals surface area contributed by atoms with Gasteiger partial charge in [0.1, 0.15) is 0 Å². The lowest BCUT2D eigenvalue weighted by Crippen LogP contribution is -2.66. The maximum Gasteiger partial charge on any atom is 0.214 e. The molecule has 23 heavy (non-hydrogen) atoms. The number of fused-ring (bicyclic) bond motifs is 2. The van der Waals surface area contributed by atoms with Crippen molar-refractivity contribution in [1.82, 2.24) is 14.6 Å². The molecule has 1 saturated carbocycles. The van der Waals surface area contributed by atoms with Gasteiger partial charge in [-0.2, -0.15) is 0 Å². The molecule has 3 unspecified atom stereocenters. The Morgan fingerprint density at radius 3 is 2.78 bits per heavy atom. The number of hydrogen-bond acceptors (Lipinski definition) is 5. The van der Waals surface area contributed by atoms with Gasteiger partial charge in [-0.05, 0) is 6.42 Å². The van der Waals surface area contributed by atoms with Gasteiger partial charge in [-0.1, -0.05) is 46.0 Å². The van der Waals surface area contributed by atoms with Gasteiger partial charge < -0.3 is 9.64 Å². The highest BCUT2D eigenvalue weighted by molar-refractivity contribution is 7.20. The number of ether oxygens (including phenoxy) is 1. The Kier molecular flexibility index (Phi) is 3.14. The third-order valence-electron chi connectivity index (χ3n) is 5.56. The van der Waals surface area contributed by atoms with Gasteiger partial charge in [0.05, 0.1) is 18.0 Å². The lowest BCUT2D eigenvalue weighted by atomic mass is 9.57. The van der Waals surface area contributed by atoms with Gasteiger partial charge in [0.2, 0.25) is 10.1 Å². The number of rotatable bonds is 2. The summed E-state index contributed by atoms with van der Waals surface area (Å²) in [5, 5.41) is 5.84. The summed E-state index contributed by atoms with van der Waals surface area (Å²) in [6.45, 7) is 12.1. The number of anilines is 1. The van der Waals surface area contributed by atoms with Crippen LogP contribution in [0, 0.1) is 11.3 Å². The zero-order valence-corrected chi connectivity index (χ0v) is 15.6. The monoisotopic (exact) mass is 334 g/mol. The van der Waals surface area contributed by atoms with E-state index in [-0.39, 0.29) is 10.8 Å². The fraction of sp³-hybridized carbons (Fsp3) is 0.765. The van der Waals surface area contributed by atoms with E-state index in [1.807, 2.05) is 4.52 Å². The topological polar surface area (TPSA) is 42.7 Å². The lowest BCUT2D eigenvalue weighted by Gasteiger charge is -2.57. The Morgan fingerprint density at radius 1 is 1.39 bits per heavy atom. The van der Waals surface area contributed by atoms with Crippen LogP contribution in [0.15, 0.2) is 6.20 Å². The molecule has 1 aliphatic heterocycles.